The number of allylic oxidation sites excluding steroid dienone is 1. The molecule has 2 fully saturated rings. The summed E-state index contributed by atoms with van der Waals surface area (Å²) in [6.07, 6.45) is 3.28. The third-order valence-electron chi connectivity index (χ3n) is 18.3. The average Bonchev–Trinajstić information content (AvgIpc) is 1.42. The van der Waals surface area contributed by atoms with Crippen LogP contribution < -0.4 is 48.3 Å². The van der Waals surface area contributed by atoms with Gasteiger partial charge in [0, 0.05) is 69.6 Å². The number of carbonyl (C=O) groups excluding carboxylic acids is 12. The topological polar surface area (TPSA) is 387 Å². The number of nitrogens with one attached hydrogen (secondary N) is 8. The van der Waals surface area contributed by atoms with E-state index in [1.165, 1.54) is 61.3 Å². The fourth-order valence-corrected chi connectivity index (χ4v) is 12.7. The van der Waals surface area contributed by atoms with Crippen molar-refractivity contribution < 1.29 is 76.5 Å². The van der Waals surface area contributed by atoms with Crippen LogP contribution in [0.1, 0.15) is 141 Å². The first-order chi connectivity index (χ1) is 49.4. The number of nitrogens with two attached hydrogens (primary N) is 1. The summed E-state index contributed by atoms with van der Waals surface area (Å²) in [6, 6.07) is 17.6. The third-order valence-corrected chi connectivity index (χ3v) is 19.2. The molecule has 6 rings (SSSR count). The smallest absolute Gasteiger partial charge is 0.408 e. The van der Waals surface area contributed by atoms with E-state index in [1.807, 2.05) is 49.6 Å². The average molecular weight is 1460 g/mol. The predicted octanol–water partition coefficient (Wildman–Crippen LogP) is 6.14. The monoisotopic (exact) mass is 1460 g/mol. The molecule has 2 aliphatic rings. The van der Waals surface area contributed by atoms with E-state index in [-0.39, 0.29) is 68.4 Å². The summed E-state index contributed by atoms with van der Waals surface area (Å²) in [4.78, 5) is 168. The van der Waals surface area contributed by atoms with E-state index in [0.29, 0.717) is 80.0 Å². The van der Waals surface area contributed by atoms with Gasteiger partial charge in [-0.05, 0) is 118 Å². The van der Waals surface area contributed by atoms with Crippen LogP contribution in [-0.2, 0) is 86.3 Å². The molecule has 0 aliphatic carbocycles. The number of nitrogens with zero attached hydrogens (tertiary/aromatic N) is 4. The summed E-state index contributed by atoms with van der Waals surface area (Å²) in [7, 11) is 4.60. The van der Waals surface area contributed by atoms with Crippen molar-refractivity contribution in [3.05, 3.63) is 124 Å². The van der Waals surface area contributed by atoms with Gasteiger partial charge >= 0.3 is 12.1 Å². The number of anilines is 2. The number of thiazole rings is 1. The van der Waals surface area contributed by atoms with Gasteiger partial charge in [-0.3, -0.25) is 52.8 Å². The molecule has 3 aromatic carbocycles. The highest BCUT2D eigenvalue weighted by atomic mass is 32.1. The number of imide groups is 1. The van der Waals surface area contributed by atoms with Gasteiger partial charge in [0.25, 0.3) is 0 Å². The summed E-state index contributed by atoms with van der Waals surface area (Å²) in [5, 5.41) is 24.4. The SMILES string of the molecule is CC[C@H](C)[C@@H]([C@@H](CC(=O)N1CCC/C1=C(/OC)[C@@H](C)C(=O)N[C@@H](Cc1ccccc1)c1nccs1)OC)N(C)C(=O)[C@@H](NC(=O)C(C)(C)NC(=O)OCc1ccc(NC(=O)[C@H](CCCNC(N)=O)NC(=O)[C@@H](NC(=O)COCC(=O)Nc2ccc(CCC(=O)N3CCC3=O)cc2)C(C)C)cc1)C(C)C. The van der Waals surface area contributed by atoms with Gasteiger partial charge in [0.15, 0.2) is 0 Å². The minimum atomic E-state index is -1.61. The van der Waals surface area contributed by atoms with Crippen molar-refractivity contribution in [1.82, 2.24) is 51.6 Å². The minimum absolute atomic E-state index is 0.0318. The quantitative estimate of drug-likeness (QED) is 0.0137. The zero-order chi connectivity index (χ0) is 76.4. The van der Waals surface area contributed by atoms with Gasteiger partial charge in [0.05, 0.1) is 43.3 Å². The van der Waals surface area contributed by atoms with Crippen molar-refractivity contribution >= 4 is 93.9 Å². The molecule has 13 amide bonds. The molecular formula is C74H103N13O16S. The number of amides is 13. The Balaban J connectivity index is 0.992. The maximum Gasteiger partial charge on any atom is 0.408 e. The Bertz CT molecular complexity index is 3630. The molecule has 8 atom stereocenters. The lowest BCUT2D eigenvalue weighted by Gasteiger charge is -2.40. The van der Waals surface area contributed by atoms with E-state index in [9.17, 15) is 57.5 Å². The molecule has 0 spiro atoms. The van der Waals surface area contributed by atoms with Crippen LogP contribution in [0, 0.1) is 23.7 Å². The largest absolute Gasteiger partial charge is 0.498 e. The Morgan fingerprint density at radius 2 is 1.38 bits per heavy atom. The number of alkyl carbamates (subject to hydrolysis) is 1. The number of rotatable bonds is 39. The zero-order valence-corrected chi connectivity index (χ0v) is 62.4. The molecule has 30 heteroatoms. The number of carbonyl (C=O) groups is 12. The van der Waals surface area contributed by atoms with Crippen LogP contribution >= 0.6 is 11.3 Å². The first-order valence-electron chi connectivity index (χ1n) is 35.1. The second-order valence-electron chi connectivity index (χ2n) is 27.2. The lowest BCUT2D eigenvalue weighted by atomic mass is 9.89. The molecular weight excluding hydrogens is 1360 g/mol. The van der Waals surface area contributed by atoms with Gasteiger partial charge in [0.1, 0.15) is 54.3 Å². The van der Waals surface area contributed by atoms with Gasteiger partial charge < -0.3 is 77.0 Å². The Labute approximate surface area is 612 Å². The number of aryl methyl sites for hydroxylation is 1. The lowest BCUT2D eigenvalue weighted by Crippen LogP contribution is -2.62. The number of likely N-dealkylation sites (tertiary alicyclic amines) is 2. The van der Waals surface area contributed by atoms with Crippen LogP contribution in [0.4, 0.5) is 21.0 Å². The van der Waals surface area contributed by atoms with Crippen LogP contribution in [-0.4, -0.2) is 181 Å². The van der Waals surface area contributed by atoms with Gasteiger partial charge in [-0.2, -0.15) is 0 Å². The number of urea groups is 1. The van der Waals surface area contributed by atoms with E-state index in [1.54, 1.807) is 89.2 Å². The summed E-state index contributed by atoms with van der Waals surface area (Å²) < 4.78 is 22.9. The van der Waals surface area contributed by atoms with Gasteiger partial charge in [0.2, 0.25) is 59.1 Å². The Morgan fingerprint density at radius 1 is 0.721 bits per heavy atom. The molecule has 2 saturated heterocycles. The second-order valence-corrected chi connectivity index (χ2v) is 28.2. The number of benzene rings is 3. The summed E-state index contributed by atoms with van der Waals surface area (Å²) in [5.74, 6) is -6.24. The maximum atomic E-state index is 14.7. The maximum absolute atomic E-state index is 14.7. The molecule has 10 N–H and O–H groups in total. The van der Waals surface area contributed by atoms with Crippen molar-refractivity contribution in [3.8, 4) is 0 Å². The first-order valence-corrected chi connectivity index (χ1v) is 36.0. The van der Waals surface area contributed by atoms with Gasteiger partial charge in [-0.1, -0.05) is 103 Å². The van der Waals surface area contributed by atoms with Crippen molar-refractivity contribution in [2.45, 2.75) is 175 Å². The molecule has 0 bridgehead atoms. The van der Waals surface area contributed by atoms with Crippen LogP contribution in [0.5, 0.6) is 0 Å². The van der Waals surface area contributed by atoms with E-state index >= 15 is 0 Å². The minimum Gasteiger partial charge on any atom is -0.498 e. The number of ether oxygens (including phenoxy) is 4. The summed E-state index contributed by atoms with van der Waals surface area (Å²) >= 11 is 1.45. The van der Waals surface area contributed by atoms with Crippen molar-refractivity contribution in [2.75, 3.05) is 64.7 Å². The van der Waals surface area contributed by atoms with E-state index in [4.69, 9.17) is 24.7 Å². The van der Waals surface area contributed by atoms with Crippen molar-refractivity contribution in [1.29, 1.82) is 0 Å². The third kappa shape index (κ3) is 24.7. The number of hydrogen-bond donors (Lipinski definition) is 9. The fourth-order valence-electron chi connectivity index (χ4n) is 12.1. The highest BCUT2D eigenvalue weighted by molar-refractivity contribution is 7.09. The molecule has 566 valence electrons. The number of methoxy groups -OCH3 is 2. The number of likely N-dealkylation sites (N-methyl/N-ethyl adjacent to an activating group) is 1. The van der Waals surface area contributed by atoms with Crippen molar-refractivity contribution in [2.24, 2.45) is 29.4 Å². The molecule has 104 heavy (non-hydrogen) atoms. The van der Waals surface area contributed by atoms with E-state index < -0.39 is 120 Å². The first kappa shape index (κ1) is 83.1. The molecule has 0 saturated carbocycles. The number of primary amides is 1. The number of hydrogen-bond acceptors (Lipinski definition) is 18. The standard InChI is InChI=1S/C74H103N13O16S/c1-13-46(6)64(56(100-11)40-61(92)86-36-18-22-55(86)65(101-12)47(7)66(93)81-54(69-76-35-38-104-69)39-49-19-15-14-16-20-49)85(10)70(96)63(45(4)5)83-71(97)74(8,9)84-73(99)103-41-50-25-30-52(31-26-50)79-67(94)53(21-17-34-77-72(75)98)80-68(95)62(44(2)3)82-58(89)43-102-42-57(88)78-51-28-23-48(24-29-51)27-32-59(90)87-37-33-60(87)91/h14-16,19-20,23-26,28-31,35,38,44-47,53-54,56,62-64H,13,17-18,21-22,27,32-34,36-37,39-43H2,1-12H3,(H,78,88)(H,79,94)(H,80,95)(H,81,93)(H,82,89)(H,83,97)(H,84,99)(H3,75,77,98)/b65-55-/t46-,47+,53-,54-,56+,62-,63-,64-/m0/s1. The lowest BCUT2D eigenvalue weighted by molar-refractivity contribution is -0.152. The molecule has 0 unspecified atom stereocenters. The molecule has 4 aromatic rings. The molecule has 29 nitrogen and oxygen atoms in total. The summed E-state index contributed by atoms with van der Waals surface area (Å²) in [5.41, 5.74) is 7.33. The Kier molecular flexibility index (Phi) is 32.2. The highest BCUT2D eigenvalue weighted by Gasteiger charge is 2.42. The highest BCUT2D eigenvalue weighted by Crippen LogP contribution is 2.33. The Morgan fingerprint density at radius 3 is 1.96 bits per heavy atom. The van der Waals surface area contributed by atoms with E-state index in [2.05, 4.69) is 47.5 Å². The number of aromatic nitrogens is 1. The molecule has 2 aliphatic heterocycles. The van der Waals surface area contributed by atoms with Crippen LogP contribution in [0.2, 0.25) is 0 Å². The number of β-lactam (4-membered cyclic amide) rings is 1. The predicted molar refractivity (Wildman–Crippen MR) is 389 cm³/mol. The van der Waals surface area contributed by atoms with Gasteiger partial charge in [-0.15, -0.1) is 11.3 Å². The van der Waals surface area contributed by atoms with Crippen LogP contribution in [0.25, 0.3) is 0 Å². The van der Waals surface area contributed by atoms with Gasteiger partial charge in [-0.25, -0.2) is 14.6 Å². The van der Waals surface area contributed by atoms with Crippen LogP contribution in [0.15, 0.2) is 102 Å². The van der Waals surface area contributed by atoms with E-state index in [0.717, 1.165) is 16.1 Å². The second kappa shape index (κ2) is 40.3. The molecule has 0 radical (unpaired) electrons. The molecule has 1 aromatic heterocycles. The zero-order valence-electron chi connectivity index (χ0n) is 61.6. The normalized spacial score (nSPS) is 15.7. The summed E-state index contributed by atoms with van der Waals surface area (Å²) in [6.45, 7) is 15.1. The van der Waals surface area contributed by atoms with Crippen molar-refractivity contribution in [3.63, 3.8) is 0 Å². The Hall–Kier alpha value is -9.81. The fraction of sp³-hybridized carbons (Fsp3) is 0.527. The van der Waals surface area contributed by atoms with Crippen LogP contribution in [0.3, 0.4) is 0 Å². The molecule has 3 heterocycles.